The lowest BCUT2D eigenvalue weighted by atomic mass is 9.98. The first-order chi connectivity index (χ1) is 21.6. The largest absolute Gasteiger partial charge is 0.481 e. The van der Waals surface area contributed by atoms with Gasteiger partial charge in [0.25, 0.3) is 5.60 Å². The molecule has 0 radical (unpaired) electrons. The summed E-state index contributed by atoms with van der Waals surface area (Å²) >= 11 is 3.09. The molecular weight excluding hydrogens is 729 g/mol. The number of ketones is 1. The maximum absolute atomic E-state index is 11.5. The number of carboxylic acids is 7. The van der Waals surface area contributed by atoms with Gasteiger partial charge < -0.3 is 40.9 Å². The van der Waals surface area contributed by atoms with E-state index in [1.807, 2.05) is 0 Å². The highest BCUT2D eigenvalue weighted by Gasteiger charge is 2.64. The average molecular weight is 770 g/mol. The normalized spacial score (nSPS) is 18.7. The topological polar surface area (TPSA) is 298 Å². The molecule has 1 unspecified atom stereocenters. The quantitative estimate of drug-likeness (QED) is 0.0714. The van der Waals surface area contributed by atoms with Crippen LogP contribution in [-0.2, 0) is 38.4 Å². The number of carboxylic acid groups (broad SMARTS) is 7. The molecule has 0 amide bonds. The van der Waals surface area contributed by atoms with Crippen molar-refractivity contribution in [2.75, 3.05) is 5.33 Å². The lowest BCUT2D eigenvalue weighted by Gasteiger charge is -2.20. The predicted molar refractivity (Wildman–Crippen MR) is 159 cm³/mol. The summed E-state index contributed by atoms with van der Waals surface area (Å²) in [5, 5.41) is 66.4. The van der Waals surface area contributed by atoms with Crippen molar-refractivity contribution >= 4 is 63.5 Å². The van der Waals surface area contributed by atoms with Crippen LogP contribution in [0.4, 0.5) is 13.2 Å². The van der Waals surface area contributed by atoms with Gasteiger partial charge in [0.1, 0.15) is 0 Å². The fourth-order valence-corrected chi connectivity index (χ4v) is 2.84. The van der Waals surface area contributed by atoms with Gasteiger partial charge in [0.05, 0.1) is 29.1 Å². The molecule has 0 aromatic carbocycles. The summed E-state index contributed by atoms with van der Waals surface area (Å²) in [6.45, 7) is 6.86. The maximum atomic E-state index is 11.5. The van der Waals surface area contributed by atoms with Gasteiger partial charge in [-0.05, 0) is 52.5 Å². The van der Waals surface area contributed by atoms with Gasteiger partial charge in [0.15, 0.2) is 5.78 Å². The molecule has 0 saturated heterocycles. The van der Waals surface area contributed by atoms with Gasteiger partial charge in [-0.25, -0.2) is 4.79 Å². The molecule has 0 aromatic heterocycles. The van der Waals surface area contributed by atoms with Crippen molar-refractivity contribution in [1.29, 1.82) is 0 Å². The van der Waals surface area contributed by atoms with E-state index in [1.54, 1.807) is 13.8 Å². The molecule has 0 spiro atoms. The third kappa shape index (κ3) is 20.2. The minimum Gasteiger partial charge on any atom is -0.481 e. The van der Waals surface area contributed by atoms with Crippen LogP contribution >= 0.6 is 15.9 Å². The molecule has 0 heterocycles. The van der Waals surface area contributed by atoms with Gasteiger partial charge >= 0.3 is 48.0 Å². The van der Waals surface area contributed by atoms with Crippen LogP contribution in [0, 0.1) is 29.1 Å². The smallest absolute Gasteiger partial charge is 0.427 e. The Hall–Kier alpha value is -4.07. The summed E-state index contributed by atoms with van der Waals surface area (Å²) in [4.78, 5) is 81.2. The molecule has 2 saturated carbocycles. The Bertz CT molecular complexity index is 1110. The van der Waals surface area contributed by atoms with Crippen molar-refractivity contribution in [1.82, 2.24) is 0 Å². The summed E-state index contributed by atoms with van der Waals surface area (Å²) in [5.41, 5.74) is -4.27. The van der Waals surface area contributed by atoms with Crippen molar-refractivity contribution in [3.05, 3.63) is 12.7 Å². The van der Waals surface area contributed by atoms with Crippen LogP contribution in [0.15, 0.2) is 12.7 Å². The molecular formula is C28H40BrF3O16. The maximum Gasteiger partial charge on any atom is 0.427 e. The summed E-state index contributed by atoms with van der Waals surface area (Å²) in [5.74, 6) is -12.3. The van der Waals surface area contributed by atoms with Gasteiger partial charge in [-0.3, -0.25) is 33.6 Å². The zero-order valence-electron chi connectivity index (χ0n) is 26.1. The van der Waals surface area contributed by atoms with Crippen molar-refractivity contribution in [3.8, 4) is 0 Å². The fourth-order valence-electron chi connectivity index (χ4n) is 2.60. The Morgan fingerprint density at radius 3 is 1.21 bits per heavy atom. The second kappa shape index (κ2) is 21.7. The highest BCUT2D eigenvalue weighted by atomic mass is 79.9. The standard InChI is InChI=1S/C9H14O3.C6H6O6.C5H9BrO2.C4H5F3O3.C4H6O2/c1-2-8(10)6-4-3-5-7-9(11)12;7-4(8)1-2(5(9)10)3(1)6(11)12;1-5(2,3-6)4(7)8;1-3(10,2(8)9)4(5,6)7;5-4(6)3-1-2-3/h2H,1,3-7H2,(H,11,12);1-3H,(H,7,8)(H,9,10)(H,11,12);3H2,1-2H3,(H,7,8);10H,1H3,(H,8,9);3H,1-2H2,(H,5,6). The third-order valence-corrected chi connectivity index (χ3v) is 7.63. The summed E-state index contributed by atoms with van der Waals surface area (Å²) in [6, 6.07) is 0. The molecule has 16 nitrogen and oxygen atoms in total. The summed E-state index contributed by atoms with van der Waals surface area (Å²) in [7, 11) is 0. The molecule has 20 heteroatoms. The Labute approximate surface area is 280 Å². The first-order valence-electron chi connectivity index (χ1n) is 13.7. The van der Waals surface area contributed by atoms with Gasteiger partial charge in [0, 0.05) is 18.2 Å². The van der Waals surface area contributed by atoms with E-state index in [0.717, 1.165) is 25.7 Å². The molecule has 2 rings (SSSR count). The predicted octanol–water partition coefficient (Wildman–Crippen LogP) is 3.24. The van der Waals surface area contributed by atoms with Crippen LogP contribution in [0.1, 0.15) is 65.7 Å². The average Bonchev–Trinajstić information content (AvgIpc) is 3.86. The van der Waals surface area contributed by atoms with Crippen molar-refractivity contribution in [2.45, 2.75) is 77.5 Å². The molecule has 2 aliphatic carbocycles. The van der Waals surface area contributed by atoms with E-state index in [9.17, 15) is 51.5 Å². The van der Waals surface area contributed by atoms with E-state index in [2.05, 4.69) is 22.5 Å². The highest BCUT2D eigenvalue weighted by Crippen LogP contribution is 2.46. The van der Waals surface area contributed by atoms with E-state index in [-0.39, 0.29) is 25.0 Å². The molecule has 48 heavy (non-hydrogen) atoms. The van der Waals surface area contributed by atoms with Gasteiger partial charge in [-0.1, -0.05) is 28.9 Å². The van der Waals surface area contributed by atoms with Crippen molar-refractivity contribution in [3.63, 3.8) is 0 Å². The summed E-state index contributed by atoms with van der Waals surface area (Å²) < 4.78 is 34.4. The Balaban J connectivity index is -0.000000537. The molecule has 276 valence electrons. The lowest BCUT2D eigenvalue weighted by molar-refractivity contribution is -0.253. The summed E-state index contributed by atoms with van der Waals surface area (Å²) in [6.07, 6.45) is 0.871. The number of alkyl halides is 4. The second-order valence-electron chi connectivity index (χ2n) is 11.0. The van der Waals surface area contributed by atoms with Crippen molar-refractivity contribution in [2.24, 2.45) is 29.1 Å². The van der Waals surface area contributed by atoms with E-state index in [4.69, 9.17) is 40.9 Å². The number of carbonyl (C=O) groups excluding carboxylic acids is 1. The number of hydrogen-bond donors (Lipinski definition) is 8. The first kappa shape index (κ1) is 48.3. The minimum absolute atomic E-state index is 0.0185. The molecule has 1 atom stereocenters. The Morgan fingerprint density at radius 2 is 1.06 bits per heavy atom. The van der Waals surface area contributed by atoms with Crippen LogP contribution in [-0.4, -0.2) is 106 Å². The number of halogens is 4. The molecule has 8 N–H and O–H groups in total. The molecule has 0 aromatic rings. The van der Waals surface area contributed by atoms with E-state index in [1.165, 1.54) is 6.08 Å². The Kier molecular flexibility index (Phi) is 21.9. The van der Waals surface area contributed by atoms with Crippen LogP contribution in [0.5, 0.6) is 0 Å². The van der Waals surface area contributed by atoms with Crippen LogP contribution in [0.3, 0.4) is 0 Å². The Morgan fingerprint density at radius 1 is 0.688 bits per heavy atom. The SMILES string of the molecule is C=CC(=O)CCCCCC(=O)O.CC(C)(CBr)C(=O)O.CC(O)(C(=O)O)C(F)(F)F.O=C(O)C1C(C(=O)O)C1C(=O)O.O=C(O)C1CC1. The van der Waals surface area contributed by atoms with Crippen LogP contribution < -0.4 is 0 Å². The van der Waals surface area contributed by atoms with Crippen LogP contribution in [0.25, 0.3) is 0 Å². The molecule has 2 aliphatic rings. The number of aliphatic hydroxyl groups is 1. The number of rotatable bonds is 14. The van der Waals surface area contributed by atoms with E-state index >= 15 is 0 Å². The van der Waals surface area contributed by atoms with Crippen molar-refractivity contribution < 1.29 is 92.4 Å². The fraction of sp³-hybridized carbons (Fsp3) is 0.643. The molecule has 0 bridgehead atoms. The molecule has 0 aliphatic heterocycles. The lowest BCUT2D eigenvalue weighted by Crippen LogP contribution is -2.49. The minimum atomic E-state index is -5.13. The number of aliphatic carboxylic acids is 7. The number of carbonyl (C=O) groups is 8. The number of hydrogen-bond acceptors (Lipinski definition) is 9. The number of unbranched alkanes of at least 4 members (excludes halogenated alkanes) is 2. The van der Waals surface area contributed by atoms with E-state index < -0.39 is 76.7 Å². The monoisotopic (exact) mass is 768 g/mol. The van der Waals surface area contributed by atoms with Gasteiger partial charge in [-0.2, -0.15) is 13.2 Å². The van der Waals surface area contributed by atoms with Gasteiger partial charge in [-0.15, -0.1) is 0 Å². The first-order valence-corrected chi connectivity index (χ1v) is 14.9. The second-order valence-corrected chi connectivity index (χ2v) is 11.6. The third-order valence-electron chi connectivity index (χ3n) is 6.22. The molecule has 2 fully saturated rings. The number of allylic oxidation sites excluding steroid dienone is 1. The van der Waals surface area contributed by atoms with E-state index in [0.29, 0.717) is 18.2 Å². The zero-order valence-corrected chi connectivity index (χ0v) is 27.7. The van der Waals surface area contributed by atoms with Crippen LogP contribution in [0.2, 0.25) is 0 Å². The highest BCUT2D eigenvalue weighted by molar-refractivity contribution is 9.09. The zero-order chi connectivity index (χ0) is 38.8. The van der Waals surface area contributed by atoms with Gasteiger partial charge in [0.2, 0.25) is 0 Å².